The van der Waals surface area contributed by atoms with Crippen LogP contribution in [0.1, 0.15) is 23.1 Å². The standard InChI is InChI=1S/C10H11NO3/c1-2-14-10(13)9-6-5-8(11-9)4-3-7-12/h3-7,11H,2H2,1H3. The van der Waals surface area contributed by atoms with E-state index in [0.717, 1.165) is 0 Å². The smallest absolute Gasteiger partial charge is 0.354 e. The molecule has 74 valence electrons. The highest BCUT2D eigenvalue weighted by Crippen LogP contribution is 2.04. The van der Waals surface area contributed by atoms with Crippen molar-refractivity contribution in [2.24, 2.45) is 0 Å². The third-order valence-corrected chi connectivity index (χ3v) is 1.56. The van der Waals surface area contributed by atoms with Crippen molar-refractivity contribution in [1.29, 1.82) is 0 Å². The van der Waals surface area contributed by atoms with Crippen molar-refractivity contribution >= 4 is 18.3 Å². The van der Waals surface area contributed by atoms with Gasteiger partial charge in [-0.25, -0.2) is 4.79 Å². The molecule has 4 nitrogen and oxygen atoms in total. The minimum Gasteiger partial charge on any atom is -0.461 e. The monoisotopic (exact) mass is 193 g/mol. The second-order valence-electron chi connectivity index (χ2n) is 2.54. The molecule has 0 aromatic carbocycles. The maximum atomic E-state index is 11.2. The molecule has 0 spiro atoms. The molecule has 0 fully saturated rings. The van der Waals surface area contributed by atoms with Crippen molar-refractivity contribution in [1.82, 2.24) is 4.98 Å². The van der Waals surface area contributed by atoms with Gasteiger partial charge >= 0.3 is 5.97 Å². The zero-order valence-electron chi connectivity index (χ0n) is 7.82. The Labute approximate surface area is 81.6 Å². The first-order valence-electron chi connectivity index (χ1n) is 4.26. The van der Waals surface area contributed by atoms with Gasteiger partial charge in [0.1, 0.15) is 12.0 Å². The molecule has 0 saturated carbocycles. The average molecular weight is 193 g/mol. The van der Waals surface area contributed by atoms with Gasteiger partial charge in [0.05, 0.1) is 6.61 Å². The lowest BCUT2D eigenvalue weighted by molar-refractivity contribution is -0.104. The second-order valence-corrected chi connectivity index (χ2v) is 2.54. The number of aromatic amines is 1. The van der Waals surface area contributed by atoms with Crippen LogP contribution in [0, 0.1) is 0 Å². The second kappa shape index (κ2) is 5.01. The van der Waals surface area contributed by atoms with Gasteiger partial charge in [-0.05, 0) is 31.2 Å². The summed E-state index contributed by atoms with van der Waals surface area (Å²) >= 11 is 0. The first-order chi connectivity index (χ1) is 6.77. The summed E-state index contributed by atoms with van der Waals surface area (Å²) in [6.45, 7) is 2.09. The largest absolute Gasteiger partial charge is 0.461 e. The number of aromatic nitrogens is 1. The van der Waals surface area contributed by atoms with Gasteiger partial charge in [0, 0.05) is 5.69 Å². The van der Waals surface area contributed by atoms with Crippen LogP contribution in [0.2, 0.25) is 0 Å². The lowest BCUT2D eigenvalue weighted by Crippen LogP contribution is -2.04. The summed E-state index contributed by atoms with van der Waals surface area (Å²) in [4.78, 5) is 24.0. The first kappa shape index (κ1) is 10.2. The summed E-state index contributed by atoms with van der Waals surface area (Å²) in [5.41, 5.74) is 1.08. The highest BCUT2D eigenvalue weighted by Gasteiger charge is 2.07. The summed E-state index contributed by atoms with van der Waals surface area (Å²) in [5.74, 6) is -0.391. The van der Waals surface area contributed by atoms with Crippen LogP contribution in [0.4, 0.5) is 0 Å². The third-order valence-electron chi connectivity index (χ3n) is 1.56. The molecule has 0 bridgehead atoms. The van der Waals surface area contributed by atoms with Crippen LogP contribution < -0.4 is 0 Å². The fraction of sp³-hybridized carbons (Fsp3) is 0.200. The maximum absolute atomic E-state index is 11.2. The number of ether oxygens (including phenoxy) is 1. The molecular formula is C10H11NO3. The Bertz CT molecular complexity index is 352. The van der Waals surface area contributed by atoms with E-state index < -0.39 is 5.97 Å². The number of aldehydes is 1. The number of carbonyl (C=O) groups is 2. The number of H-pyrrole nitrogens is 1. The highest BCUT2D eigenvalue weighted by atomic mass is 16.5. The van der Waals surface area contributed by atoms with Crippen LogP contribution in [-0.2, 0) is 9.53 Å². The number of hydrogen-bond donors (Lipinski definition) is 1. The summed E-state index contributed by atoms with van der Waals surface area (Å²) in [7, 11) is 0. The molecule has 1 aromatic rings. The Balaban J connectivity index is 2.72. The van der Waals surface area contributed by atoms with Gasteiger partial charge in [-0.1, -0.05) is 0 Å². The summed E-state index contributed by atoms with van der Waals surface area (Å²) in [6.07, 6.45) is 3.60. The quantitative estimate of drug-likeness (QED) is 0.446. The van der Waals surface area contributed by atoms with E-state index in [2.05, 4.69) is 4.98 Å². The Morgan fingerprint density at radius 2 is 2.36 bits per heavy atom. The van der Waals surface area contributed by atoms with Crippen molar-refractivity contribution in [3.63, 3.8) is 0 Å². The predicted octanol–water partition coefficient (Wildman–Crippen LogP) is 1.40. The number of allylic oxidation sites excluding steroid dienone is 1. The minimum absolute atomic E-state index is 0.345. The Hall–Kier alpha value is -1.84. The van der Waals surface area contributed by atoms with Crippen molar-refractivity contribution in [2.75, 3.05) is 6.61 Å². The number of carbonyl (C=O) groups excluding carboxylic acids is 2. The Morgan fingerprint density at radius 1 is 1.57 bits per heavy atom. The number of hydrogen-bond acceptors (Lipinski definition) is 3. The zero-order valence-corrected chi connectivity index (χ0v) is 7.82. The predicted molar refractivity (Wildman–Crippen MR) is 51.8 cm³/mol. The molecule has 0 aliphatic heterocycles. The summed E-state index contributed by atoms with van der Waals surface area (Å²) in [6, 6.07) is 3.31. The lowest BCUT2D eigenvalue weighted by atomic mass is 10.4. The molecule has 0 saturated heterocycles. The molecule has 0 radical (unpaired) electrons. The molecular weight excluding hydrogens is 182 g/mol. The topological polar surface area (TPSA) is 59.2 Å². The van der Waals surface area contributed by atoms with Gasteiger partial charge in [-0.15, -0.1) is 0 Å². The zero-order chi connectivity index (χ0) is 10.4. The molecule has 0 aliphatic rings. The number of esters is 1. The Morgan fingerprint density at radius 3 is 3.00 bits per heavy atom. The van der Waals surface area contributed by atoms with Gasteiger partial charge in [0.2, 0.25) is 0 Å². The maximum Gasteiger partial charge on any atom is 0.354 e. The molecule has 4 heteroatoms. The van der Waals surface area contributed by atoms with Crippen molar-refractivity contribution < 1.29 is 14.3 Å². The van der Waals surface area contributed by atoms with Gasteiger partial charge < -0.3 is 9.72 Å². The minimum atomic E-state index is -0.391. The van der Waals surface area contributed by atoms with E-state index in [-0.39, 0.29) is 0 Å². The highest BCUT2D eigenvalue weighted by molar-refractivity contribution is 5.88. The third kappa shape index (κ3) is 2.58. The van der Waals surface area contributed by atoms with Crippen LogP contribution in [0.25, 0.3) is 6.08 Å². The number of nitrogens with one attached hydrogen (secondary N) is 1. The van der Waals surface area contributed by atoms with Gasteiger partial charge in [-0.3, -0.25) is 4.79 Å². The van der Waals surface area contributed by atoms with Gasteiger partial charge in [-0.2, -0.15) is 0 Å². The van der Waals surface area contributed by atoms with Gasteiger partial charge in [0.15, 0.2) is 0 Å². The van der Waals surface area contributed by atoms with E-state index in [1.165, 1.54) is 6.08 Å². The molecule has 0 amide bonds. The average Bonchev–Trinajstić information content (AvgIpc) is 2.63. The van der Waals surface area contributed by atoms with Crippen LogP contribution >= 0.6 is 0 Å². The lowest BCUT2D eigenvalue weighted by Gasteiger charge is -1.97. The van der Waals surface area contributed by atoms with E-state index in [1.54, 1.807) is 25.1 Å². The van der Waals surface area contributed by atoms with Crippen molar-refractivity contribution in [3.05, 3.63) is 29.6 Å². The van der Waals surface area contributed by atoms with E-state index in [4.69, 9.17) is 4.74 Å². The number of rotatable bonds is 4. The first-order valence-corrected chi connectivity index (χ1v) is 4.26. The van der Waals surface area contributed by atoms with Crippen LogP contribution in [-0.4, -0.2) is 23.8 Å². The van der Waals surface area contributed by atoms with Crippen LogP contribution in [0.5, 0.6) is 0 Å². The van der Waals surface area contributed by atoms with E-state index in [0.29, 0.717) is 24.3 Å². The van der Waals surface area contributed by atoms with Crippen molar-refractivity contribution in [3.8, 4) is 0 Å². The molecule has 0 atom stereocenters. The molecule has 1 aromatic heterocycles. The fourth-order valence-corrected chi connectivity index (χ4v) is 0.980. The van der Waals surface area contributed by atoms with E-state index in [1.807, 2.05) is 0 Å². The molecule has 1 N–H and O–H groups in total. The summed E-state index contributed by atoms with van der Waals surface area (Å²) in [5, 5.41) is 0. The molecule has 0 aliphatic carbocycles. The normalized spacial score (nSPS) is 10.4. The molecule has 1 rings (SSSR count). The SMILES string of the molecule is CCOC(=O)c1ccc(C=CC=O)[nH]1. The molecule has 0 unspecified atom stereocenters. The summed E-state index contributed by atoms with van der Waals surface area (Å²) < 4.78 is 4.78. The van der Waals surface area contributed by atoms with E-state index >= 15 is 0 Å². The van der Waals surface area contributed by atoms with Crippen LogP contribution in [0.3, 0.4) is 0 Å². The molecule has 1 heterocycles. The van der Waals surface area contributed by atoms with Crippen LogP contribution in [0.15, 0.2) is 18.2 Å². The fourth-order valence-electron chi connectivity index (χ4n) is 0.980. The molecule has 14 heavy (non-hydrogen) atoms. The van der Waals surface area contributed by atoms with E-state index in [9.17, 15) is 9.59 Å². The van der Waals surface area contributed by atoms with Crippen molar-refractivity contribution in [2.45, 2.75) is 6.92 Å². The Kier molecular flexibility index (Phi) is 3.67. The van der Waals surface area contributed by atoms with Gasteiger partial charge in [0.25, 0.3) is 0 Å².